The number of likely N-dealkylation sites (tertiary alicyclic amines) is 1. The van der Waals surface area contributed by atoms with Gasteiger partial charge in [-0.25, -0.2) is 4.39 Å². The Morgan fingerprint density at radius 3 is 2.08 bits per heavy atom. The molecular weight excluding hydrogens is 501 g/mol. The molecule has 212 valence electrons. The number of halogens is 1. The lowest BCUT2D eigenvalue weighted by Crippen LogP contribution is -2.35. The van der Waals surface area contributed by atoms with Crippen LogP contribution in [0.25, 0.3) is 0 Å². The minimum absolute atomic E-state index is 0.0409. The molecule has 1 aliphatic rings. The van der Waals surface area contributed by atoms with Gasteiger partial charge in [0.25, 0.3) is 0 Å². The predicted molar refractivity (Wildman–Crippen MR) is 151 cm³/mol. The third-order valence-electron chi connectivity index (χ3n) is 4.79. The van der Waals surface area contributed by atoms with Crippen LogP contribution in [0.15, 0.2) is 54.6 Å². The molecule has 39 heavy (non-hydrogen) atoms. The highest BCUT2D eigenvalue weighted by Crippen LogP contribution is 2.23. The highest BCUT2D eigenvalue weighted by Gasteiger charge is 2.32. The first kappa shape index (κ1) is 34.7. The van der Waals surface area contributed by atoms with Crippen LogP contribution in [-0.4, -0.2) is 49.2 Å². The number of nitrogens with one attached hydrogen (secondary N) is 3. The Morgan fingerprint density at radius 2 is 1.59 bits per heavy atom. The lowest BCUT2D eigenvalue weighted by molar-refractivity contribution is -0.133. The van der Waals surface area contributed by atoms with Gasteiger partial charge in [-0.05, 0) is 54.7 Å². The zero-order valence-electron chi connectivity index (χ0n) is 23.3. The summed E-state index contributed by atoms with van der Waals surface area (Å²) in [7, 11) is 1.56. The zero-order valence-corrected chi connectivity index (χ0v) is 23.3. The average Bonchev–Trinajstić information content (AvgIpc) is 3.30. The molecule has 10 heteroatoms. The van der Waals surface area contributed by atoms with Gasteiger partial charge >= 0.3 is 0 Å². The fourth-order valence-electron chi connectivity index (χ4n) is 3.17. The summed E-state index contributed by atoms with van der Waals surface area (Å²) < 4.78 is 12.8. The molecule has 3 rings (SSSR count). The molecule has 3 N–H and O–H groups in total. The number of benzene rings is 2. The third-order valence-corrected chi connectivity index (χ3v) is 4.79. The van der Waals surface area contributed by atoms with E-state index in [0.29, 0.717) is 37.4 Å². The van der Waals surface area contributed by atoms with Crippen LogP contribution >= 0.6 is 0 Å². The van der Waals surface area contributed by atoms with E-state index in [1.165, 1.54) is 24.3 Å². The number of hydrogen-bond acceptors (Lipinski definition) is 5. The Balaban J connectivity index is 0.000000693. The van der Waals surface area contributed by atoms with Gasteiger partial charge in [-0.3, -0.25) is 19.2 Å². The first-order valence-corrected chi connectivity index (χ1v) is 12.7. The third kappa shape index (κ3) is 17.0. The highest BCUT2D eigenvalue weighted by atomic mass is 19.1. The van der Waals surface area contributed by atoms with Gasteiger partial charge in [0.05, 0.1) is 6.07 Å². The van der Waals surface area contributed by atoms with E-state index in [2.05, 4.69) is 42.8 Å². The topological polar surface area (TPSA) is 131 Å². The van der Waals surface area contributed by atoms with Crippen molar-refractivity contribution in [3.05, 3.63) is 60.4 Å². The number of para-hydroxylation sites is 1. The van der Waals surface area contributed by atoms with Gasteiger partial charge in [-0.2, -0.15) is 5.26 Å². The van der Waals surface area contributed by atoms with Crippen LogP contribution in [0.3, 0.4) is 0 Å². The maximum Gasteiger partial charge on any atom is 0.224 e. The molecule has 2 atom stereocenters. The van der Waals surface area contributed by atoms with Crippen LogP contribution < -0.4 is 16.0 Å². The molecule has 2 aromatic rings. The molecular formula is C29H40FN5O4. The summed E-state index contributed by atoms with van der Waals surface area (Å²) in [6.07, 6.45) is 2.08. The molecule has 1 aliphatic heterocycles. The van der Waals surface area contributed by atoms with Crippen molar-refractivity contribution in [2.75, 3.05) is 24.2 Å². The molecule has 9 nitrogen and oxygen atoms in total. The van der Waals surface area contributed by atoms with E-state index in [1.807, 2.05) is 37.3 Å². The van der Waals surface area contributed by atoms with Crippen LogP contribution in [0.5, 0.6) is 0 Å². The van der Waals surface area contributed by atoms with Crippen LogP contribution in [-0.2, 0) is 19.2 Å². The minimum Gasteiger partial charge on any atom is -0.362 e. The Morgan fingerprint density at radius 1 is 1.03 bits per heavy atom. The van der Waals surface area contributed by atoms with Crippen LogP contribution in [0.2, 0.25) is 0 Å². The molecule has 0 bridgehead atoms. The molecule has 0 spiro atoms. The number of hydrogen-bond donors (Lipinski definition) is 3. The van der Waals surface area contributed by atoms with Crippen LogP contribution in [0.4, 0.5) is 15.8 Å². The lowest BCUT2D eigenvalue weighted by atomic mass is 10.1. The quantitative estimate of drug-likeness (QED) is 0.442. The number of carbonyl (C=O) groups excluding carboxylic acids is 4. The average molecular weight is 542 g/mol. The number of carbonyl (C=O) groups is 4. The van der Waals surface area contributed by atoms with E-state index in [-0.39, 0.29) is 36.5 Å². The van der Waals surface area contributed by atoms with Crippen molar-refractivity contribution >= 4 is 36.0 Å². The maximum absolute atomic E-state index is 12.8. The first-order valence-electron chi connectivity index (χ1n) is 12.7. The number of anilines is 2. The second-order valence-electron chi connectivity index (χ2n) is 9.35. The number of amides is 4. The van der Waals surface area contributed by atoms with Gasteiger partial charge in [0.2, 0.25) is 24.6 Å². The highest BCUT2D eigenvalue weighted by molar-refractivity contribution is 5.93. The summed E-state index contributed by atoms with van der Waals surface area (Å²) in [4.78, 5) is 44.4. The molecule has 2 unspecified atom stereocenters. The SMILES string of the molecule is CC(C)C.CC1CC(C#N)N(C(=O)CCC(=O)Nc2ccc(F)cc2)C1.CNC=O.O=CNc1ccccc1. The largest absolute Gasteiger partial charge is 0.362 e. The first-order chi connectivity index (χ1) is 18.6. The van der Waals surface area contributed by atoms with Crippen molar-refractivity contribution in [2.24, 2.45) is 11.8 Å². The summed E-state index contributed by atoms with van der Waals surface area (Å²) >= 11 is 0. The summed E-state index contributed by atoms with van der Waals surface area (Å²) in [6, 6.07) is 16.5. The Labute approximate surface area is 230 Å². The van der Waals surface area contributed by atoms with Crippen molar-refractivity contribution in [1.29, 1.82) is 5.26 Å². The van der Waals surface area contributed by atoms with E-state index < -0.39 is 0 Å². The summed E-state index contributed by atoms with van der Waals surface area (Å²) in [5.41, 5.74) is 1.32. The fourth-order valence-corrected chi connectivity index (χ4v) is 3.17. The van der Waals surface area contributed by atoms with Crippen molar-refractivity contribution in [3.63, 3.8) is 0 Å². The molecule has 4 amide bonds. The molecule has 2 aromatic carbocycles. The standard InChI is InChI=1S/C16H18FN3O2.C7H7NO.C4H10.C2H5NO/c1-11-8-14(9-18)20(10-11)16(22)7-6-15(21)19-13-4-2-12(17)3-5-13;9-6-8-7-4-2-1-3-5-7;1-4(2)3;1-3-2-4/h2-5,11,14H,6-8,10H2,1H3,(H,19,21);1-6H,(H,8,9);4H,1-3H3;2H,1H3,(H,3,4). The van der Waals surface area contributed by atoms with Gasteiger partial charge < -0.3 is 20.9 Å². The van der Waals surface area contributed by atoms with Gasteiger partial charge in [-0.15, -0.1) is 0 Å². The minimum atomic E-state index is -0.386. The zero-order chi connectivity index (χ0) is 29.6. The molecule has 1 heterocycles. The van der Waals surface area contributed by atoms with Crippen LogP contribution in [0, 0.1) is 29.0 Å². The van der Waals surface area contributed by atoms with Crippen molar-refractivity contribution in [2.45, 2.75) is 53.0 Å². The second-order valence-corrected chi connectivity index (χ2v) is 9.35. The molecule has 0 radical (unpaired) electrons. The maximum atomic E-state index is 12.8. The molecule has 0 aromatic heterocycles. The predicted octanol–water partition coefficient (Wildman–Crippen LogP) is 4.58. The van der Waals surface area contributed by atoms with Crippen LogP contribution in [0.1, 0.15) is 47.0 Å². The van der Waals surface area contributed by atoms with E-state index >= 15 is 0 Å². The van der Waals surface area contributed by atoms with Crippen molar-refractivity contribution in [1.82, 2.24) is 10.2 Å². The summed E-state index contributed by atoms with van der Waals surface area (Å²) in [5.74, 6) is 0.284. The fraction of sp³-hybridized carbons (Fsp3) is 0.414. The van der Waals surface area contributed by atoms with Gasteiger partial charge in [-0.1, -0.05) is 45.9 Å². The van der Waals surface area contributed by atoms with E-state index in [9.17, 15) is 18.8 Å². The summed E-state index contributed by atoms with van der Waals surface area (Å²) in [6.45, 7) is 9.06. The molecule has 0 aliphatic carbocycles. The van der Waals surface area contributed by atoms with E-state index in [0.717, 1.165) is 11.6 Å². The monoisotopic (exact) mass is 541 g/mol. The second kappa shape index (κ2) is 20.8. The number of nitriles is 1. The molecule has 1 fully saturated rings. The molecule has 1 saturated heterocycles. The van der Waals surface area contributed by atoms with Gasteiger partial charge in [0.1, 0.15) is 11.9 Å². The van der Waals surface area contributed by atoms with Gasteiger partial charge in [0, 0.05) is 37.8 Å². The number of rotatable bonds is 7. The van der Waals surface area contributed by atoms with Crippen molar-refractivity contribution in [3.8, 4) is 6.07 Å². The Kier molecular flexibility index (Phi) is 18.5. The summed E-state index contributed by atoms with van der Waals surface area (Å²) in [5, 5.41) is 16.4. The molecule has 0 saturated carbocycles. The van der Waals surface area contributed by atoms with Crippen molar-refractivity contribution < 1.29 is 23.6 Å². The lowest BCUT2D eigenvalue weighted by Gasteiger charge is -2.19. The Bertz CT molecular complexity index is 1020. The number of nitrogens with zero attached hydrogens (tertiary/aromatic N) is 2. The van der Waals surface area contributed by atoms with E-state index in [4.69, 9.17) is 10.1 Å². The smallest absolute Gasteiger partial charge is 0.224 e. The van der Waals surface area contributed by atoms with Gasteiger partial charge in [0.15, 0.2) is 0 Å². The normalized spacial score (nSPS) is 15.0. The van der Waals surface area contributed by atoms with E-state index in [1.54, 1.807) is 11.9 Å². The Hall–Kier alpha value is -4.26.